The molecule has 1 aliphatic rings. The van der Waals surface area contributed by atoms with Gasteiger partial charge in [0.2, 0.25) is 0 Å². The first-order valence-electron chi connectivity index (χ1n) is 5.65. The molecule has 0 saturated heterocycles. The maximum absolute atomic E-state index is 12.2. The van der Waals surface area contributed by atoms with Gasteiger partial charge in [-0.3, -0.25) is 9.59 Å². The van der Waals surface area contributed by atoms with E-state index in [0.29, 0.717) is 0 Å². The van der Waals surface area contributed by atoms with E-state index in [1.165, 1.54) is 13.1 Å². The van der Waals surface area contributed by atoms with Crippen molar-refractivity contribution in [1.82, 2.24) is 9.78 Å². The topological polar surface area (TPSA) is 117 Å². The quantitative estimate of drug-likeness (QED) is 0.720. The van der Waals surface area contributed by atoms with E-state index in [1.54, 1.807) is 0 Å². The fraction of sp³-hybridized carbons (Fsp3) is 0.455. The molecule has 0 amide bonds. The fourth-order valence-electron chi connectivity index (χ4n) is 1.96. The predicted molar refractivity (Wildman–Crippen MR) is 61.9 cm³/mol. The Morgan fingerprint density at radius 2 is 2.47 bits per heavy atom. The van der Waals surface area contributed by atoms with Gasteiger partial charge in [0, 0.05) is 13.5 Å². The summed E-state index contributed by atoms with van der Waals surface area (Å²) < 4.78 is 6.07. The number of anilines is 1. The summed E-state index contributed by atoms with van der Waals surface area (Å²) in [6, 6.07) is 1.89. The Kier molecular flexibility index (Phi) is 3.48. The number of hydrogen-bond acceptors (Lipinski definition) is 7. The molecule has 0 spiro atoms. The third-order valence-corrected chi connectivity index (χ3v) is 2.79. The minimum absolute atomic E-state index is 0.130. The summed E-state index contributed by atoms with van der Waals surface area (Å²) in [5.74, 6) is -1.52. The highest BCUT2D eigenvalue weighted by atomic mass is 16.6. The Bertz CT molecular complexity index is 560. The van der Waals surface area contributed by atoms with Gasteiger partial charge in [-0.25, -0.2) is 0 Å². The van der Waals surface area contributed by atoms with E-state index in [4.69, 9.17) is 15.1 Å². The van der Waals surface area contributed by atoms with Crippen LogP contribution in [0.4, 0.5) is 5.82 Å². The van der Waals surface area contributed by atoms with Crippen molar-refractivity contribution in [2.45, 2.75) is 19.6 Å². The van der Waals surface area contributed by atoms with Crippen LogP contribution < -0.4 is 5.32 Å². The molecule has 1 aliphatic heterocycles. The molecule has 2 unspecified atom stereocenters. The molecule has 2 heterocycles. The average Bonchev–Trinajstić information content (AvgIpc) is 2.76. The van der Waals surface area contributed by atoms with Gasteiger partial charge in [-0.2, -0.15) is 15.0 Å². The molecule has 0 fully saturated rings. The van der Waals surface area contributed by atoms with Crippen LogP contribution in [0.25, 0.3) is 0 Å². The summed E-state index contributed by atoms with van der Waals surface area (Å²) in [5.41, 5.74) is 0.188. The number of nitriles is 1. The lowest BCUT2D eigenvalue weighted by molar-refractivity contribution is -0.147. The molecular weight excluding hydrogens is 252 g/mol. The van der Waals surface area contributed by atoms with Gasteiger partial charge in [0.15, 0.2) is 12.0 Å². The number of aliphatic hydroxyl groups is 1. The highest BCUT2D eigenvalue weighted by molar-refractivity contribution is 5.88. The lowest BCUT2D eigenvalue weighted by Crippen LogP contribution is -2.46. The molecule has 8 nitrogen and oxygen atoms in total. The first-order chi connectivity index (χ1) is 9.08. The highest BCUT2D eigenvalue weighted by Gasteiger charge is 2.39. The Morgan fingerprint density at radius 1 is 1.74 bits per heavy atom. The van der Waals surface area contributed by atoms with Gasteiger partial charge in [-0.05, 0) is 6.42 Å². The Balaban J connectivity index is 2.38. The van der Waals surface area contributed by atoms with Crippen LogP contribution in [0, 0.1) is 17.2 Å². The van der Waals surface area contributed by atoms with Crippen LogP contribution in [-0.4, -0.2) is 39.6 Å². The number of fused-ring (bicyclic) bond motifs is 1. The van der Waals surface area contributed by atoms with Crippen LogP contribution >= 0.6 is 0 Å². The molecule has 100 valence electrons. The zero-order chi connectivity index (χ0) is 14.0. The second-order valence-corrected chi connectivity index (χ2v) is 4.06. The molecule has 0 aliphatic carbocycles. The van der Waals surface area contributed by atoms with Gasteiger partial charge in [0.1, 0.15) is 11.6 Å². The van der Waals surface area contributed by atoms with E-state index in [0.717, 1.165) is 4.68 Å². The van der Waals surface area contributed by atoms with Crippen LogP contribution in [0.5, 0.6) is 0 Å². The first-order valence-corrected chi connectivity index (χ1v) is 5.65. The Labute approximate surface area is 108 Å². The number of carbonyl (C=O) groups excluding carboxylic acids is 2. The minimum Gasteiger partial charge on any atom is -0.441 e. The SMILES string of the molecule is CC(=O)OC1Nc2c(C#N)cnn2C(=O)C1CCO. The number of nitrogens with zero attached hydrogens (tertiary/aromatic N) is 3. The number of aliphatic hydroxyl groups excluding tert-OH is 1. The lowest BCUT2D eigenvalue weighted by atomic mass is 10.0. The largest absolute Gasteiger partial charge is 0.441 e. The fourth-order valence-corrected chi connectivity index (χ4v) is 1.96. The number of nitrogens with one attached hydrogen (secondary N) is 1. The number of ether oxygens (including phenoxy) is 1. The van der Waals surface area contributed by atoms with Gasteiger partial charge < -0.3 is 15.2 Å². The maximum atomic E-state index is 12.2. The smallest absolute Gasteiger partial charge is 0.304 e. The average molecular weight is 264 g/mol. The Hall–Kier alpha value is -2.40. The van der Waals surface area contributed by atoms with Gasteiger partial charge in [-0.1, -0.05) is 0 Å². The lowest BCUT2D eigenvalue weighted by Gasteiger charge is -2.31. The third kappa shape index (κ3) is 2.28. The second-order valence-electron chi connectivity index (χ2n) is 4.06. The highest BCUT2D eigenvalue weighted by Crippen LogP contribution is 2.27. The van der Waals surface area contributed by atoms with Crippen molar-refractivity contribution in [3.05, 3.63) is 11.8 Å². The Morgan fingerprint density at radius 3 is 3.05 bits per heavy atom. The van der Waals surface area contributed by atoms with Crippen LogP contribution in [0.15, 0.2) is 6.20 Å². The summed E-state index contributed by atoms with van der Waals surface area (Å²) in [7, 11) is 0. The molecule has 1 aromatic heterocycles. The number of carbonyl (C=O) groups is 2. The molecule has 2 atom stereocenters. The van der Waals surface area contributed by atoms with E-state index >= 15 is 0 Å². The van der Waals surface area contributed by atoms with Crippen LogP contribution in [0.2, 0.25) is 0 Å². The molecular formula is C11H12N4O4. The van der Waals surface area contributed by atoms with Gasteiger partial charge in [0.25, 0.3) is 5.91 Å². The molecule has 2 N–H and O–H groups in total. The number of aromatic nitrogens is 2. The number of hydrogen-bond donors (Lipinski definition) is 2. The predicted octanol–water partition coefficient (Wildman–Crippen LogP) is -0.292. The summed E-state index contributed by atoms with van der Waals surface area (Å²) in [6.07, 6.45) is 0.477. The monoisotopic (exact) mass is 264 g/mol. The van der Waals surface area contributed by atoms with Crippen LogP contribution in [-0.2, 0) is 9.53 Å². The summed E-state index contributed by atoms with van der Waals surface area (Å²) in [6.45, 7) is 0.997. The van der Waals surface area contributed by atoms with Crippen molar-refractivity contribution in [2.24, 2.45) is 5.92 Å². The molecule has 19 heavy (non-hydrogen) atoms. The van der Waals surface area contributed by atoms with Crippen molar-refractivity contribution in [1.29, 1.82) is 5.26 Å². The molecule has 0 bridgehead atoms. The van der Waals surface area contributed by atoms with E-state index in [9.17, 15) is 9.59 Å². The molecule has 0 radical (unpaired) electrons. The van der Waals surface area contributed by atoms with Crippen molar-refractivity contribution >= 4 is 17.7 Å². The third-order valence-electron chi connectivity index (χ3n) is 2.79. The second kappa shape index (κ2) is 5.07. The van der Waals surface area contributed by atoms with Crippen LogP contribution in [0.3, 0.4) is 0 Å². The van der Waals surface area contributed by atoms with E-state index in [1.807, 2.05) is 6.07 Å². The number of rotatable bonds is 3. The van der Waals surface area contributed by atoms with Gasteiger partial charge in [-0.15, -0.1) is 0 Å². The maximum Gasteiger partial charge on any atom is 0.304 e. The zero-order valence-corrected chi connectivity index (χ0v) is 10.2. The van der Waals surface area contributed by atoms with Gasteiger partial charge >= 0.3 is 5.97 Å². The van der Waals surface area contributed by atoms with Crippen molar-refractivity contribution in [3.63, 3.8) is 0 Å². The number of esters is 1. The van der Waals surface area contributed by atoms with Crippen LogP contribution in [0.1, 0.15) is 23.7 Å². The van der Waals surface area contributed by atoms with Crippen molar-refractivity contribution < 1.29 is 19.4 Å². The molecule has 8 heteroatoms. The normalized spacial score (nSPS) is 21.2. The molecule has 0 aromatic carbocycles. The zero-order valence-electron chi connectivity index (χ0n) is 10.2. The standard InChI is InChI=1S/C11H12N4O4/c1-6(17)19-10-8(2-3-16)11(18)15-9(14-10)7(4-12)5-13-15/h5,8,10,14,16H,2-3H2,1H3. The molecule has 2 rings (SSSR count). The molecule has 1 aromatic rings. The van der Waals surface area contributed by atoms with Crippen molar-refractivity contribution in [2.75, 3.05) is 11.9 Å². The van der Waals surface area contributed by atoms with E-state index in [2.05, 4.69) is 10.4 Å². The minimum atomic E-state index is -0.909. The first kappa shape index (κ1) is 13.0. The summed E-state index contributed by atoms with van der Waals surface area (Å²) >= 11 is 0. The van der Waals surface area contributed by atoms with E-state index < -0.39 is 24.0 Å². The summed E-state index contributed by atoms with van der Waals surface area (Å²) in [4.78, 5) is 23.2. The summed E-state index contributed by atoms with van der Waals surface area (Å²) in [5, 5.41) is 24.5. The van der Waals surface area contributed by atoms with Gasteiger partial charge in [0.05, 0.1) is 12.1 Å². The van der Waals surface area contributed by atoms with Crippen molar-refractivity contribution in [3.8, 4) is 6.07 Å². The van der Waals surface area contributed by atoms with E-state index in [-0.39, 0.29) is 24.4 Å². The molecule has 0 saturated carbocycles.